The standard InChI is InChI=1S/C55H34N4O2/c1-3-15-35(16-4-1)38-21-11-22-39(33-38)59(46-27-14-30-49-52(46)43-24-9-10-28-47(43)60-49)40-31-32-44-50(34-40)61-48-29-13-26-45(51(44)48)55-57-53(37-18-5-2-6-19-37)56-54(58-55)42-25-12-20-36-17-7-8-23-41(36)42/h1-34H. The molecule has 0 fully saturated rings. The largest absolute Gasteiger partial charge is 0.456 e. The molecule has 0 atom stereocenters. The van der Waals surface area contributed by atoms with Gasteiger partial charge in [-0.3, -0.25) is 0 Å². The number of hydrogen-bond donors (Lipinski definition) is 0. The molecule has 0 N–H and O–H groups in total. The summed E-state index contributed by atoms with van der Waals surface area (Å²) in [6.07, 6.45) is 0. The molecule has 0 saturated heterocycles. The second kappa shape index (κ2) is 14.2. The number of nitrogens with zero attached hydrogens (tertiary/aromatic N) is 4. The van der Waals surface area contributed by atoms with Crippen LogP contribution in [0.4, 0.5) is 17.1 Å². The average Bonchev–Trinajstić information content (AvgIpc) is 3.91. The first-order valence-electron chi connectivity index (χ1n) is 20.3. The molecule has 61 heavy (non-hydrogen) atoms. The molecule has 0 spiro atoms. The summed E-state index contributed by atoms with van der Waals surface area (Å²) in [5.74, 6) is 1.80. The van der Waals surface area contributed by atoms with Crippen LogP contribution in [0.15, 0.2) is 215 Å². The lowest BCUT2D eigenvalue weighted by Gasteiger charge is -2.26. The number of fused-ring (bicyclic) bond motifs is 7. The molecule has 6 nitrogen and oxygen atoms in total. The van der Waals surface area contributed by atoms with Crippen molar-refractivity contribution in [3.63, 3.8) is 0 Å². The molecule has 0 aliphatic carbocycles. The summed E-state index contributed by atoms with van der Waals surface area (Å²) < 4.78 is 13.2. The molecule has 3 aromatic heterocycles. The van der Waals surface area contributed by atoms with Crippen LogP contribution in [0.2, 0.25) is 0 Å². The van der Waals surface area contributed by atoms with Crippen molar-refractivity contribution < 1.29 is 8.83 Å². The molecule has 0 bridgehead atoms. The predicted octanol–water partition coefficient (Wildman–Crippen LogP) is 15.0. The van der Waals surface area contributed by atoms with Gasteiger partial charge in [-0.1, -0.05) is 152 Å². The number of aromatic nitrogens is 3. The first-order valence-corrected chi connectivity index (χ1v) is 20.3. The molecule has 0 saturated carbocycles. The summed E-state index contributed by atoms with van der Waals surface area (Å²) in [6.45, 7) is 0. The number of furan rings is 2. The molecular formula is C55H34N4O2. The molecule has 0 aliphatic heterocycles. The third-order valence-electron chi connectivity index (χ3n) is 11.5. The predicted molar refractivity (Wildman–Crippen MR) is 248 cm³/mol. The van der Waals surface area contributed by atoms with Crippen LogP contribution in [0, 0.1) is 0 Å². The fraction of sp³-hybridized carbons (Fsp3) is 0. The van der Waals surface area contributed by atoms with Crippen molar-refractivity contribution in [1.82, 2.24) is 15.0 Å². The van der Waals surface area contributed by atoms with Gasteiger partial charge in [0.1, 0.15) is 22.3 Å². The van der Waals surface area contributed by atoms with E-state index >= 15 is 0 Å². The minimum Gasteiger partial charge on any atom is -0.456 e. The van der Waals surface area contributed by atoms with Crippen molar-refractivity contribution in [2.75, 3.05) is 4.90 Å². The Labute approximate surface area is 350 Å². The normalized spacial score (nSPS) is 11.6. The minimum absolute atomic E-state index is 0.576. The van der Waals surface area contributed by atoms with Crippen LogP contribution >= 0.6 is 0 Å². The highest BCUT2D eigenvalue weighted by Crippen LogP contribution is 2.46. The molecule has 0 unspecified atom stereocenters. The summed E-state index contributed by atoms with van der Waals surface area (Å²) in [5.41, 5.74) is 11.1. The number of hydrogen-bond acceptors (Lipinski definition) is 6. The van der Waals surface area contributed by atoms with E-state index in [0.29, 0.717) is 17.5 Å². The van der Waals surface area contributed by atoms with Gasteiger partial charge >= 0.3 is 0 Å². The van der Waals surface area contributed by atoms with Crippen molar-refractivity contribution in [2.24, 2.45) is 0 Å². The maximum absolute atomic E-state index is 6.78. The molecule has 0 amide bonds. The fourth-order valence-corrected chi connectivity index (χ4v) is 8.72. The van der Waals surface area contributed by atoms with Crippen molar-refractivity contribution in [2.45, 2.75) is 0 Å². The molecule has 0 radical (unpaired) electrons. The van der Waals surface area contributed by atoms with Gasteiger partial charge in [0.05, 0.1) is 11.1 Å². The third kappa shape index (κ3) is 5.92. The molecule has 0 aliphatic rings. The summed E-state index contributed by atoms with van der Waals surface area (Å²) in [7, 11) is 0. The van der Waals surface area contributed by atoms with Gasteiger partial charge in [0, 0.05) is 50.3 Å². The fourth-order valence-electron chi connectivity index (χ4n) is 8.72. The highest BCUT2D eigenvalue weighted by Gasteiger charge is 2.23. The lowest BCUT2D eigenvalue weighted by Crippen LogP contribution is -2.10. The number of anilines is 3. The van der Waals surface area contributed by atoms with Gasteiger partial charge in [-0.05, 0) is 70.4 Å². The lowest BCUT2D eigenvalue weighted by molar-refractivity contribution is 0.669. The number of rotatable bonds is 7. The van der Waals surface area contributed by atoms with E-state index in [0.717, 1.165) is 99.5 Å². The van der Waals surface area contributed by atoms with Gasteiger partial charge in [-0.15, -0.1) is 0 Å². The Kier molecular flexibility index (Phi) is 8.06. The molecular weight excluding hydrogens is 749 g/mol. The third-order valence-corrected chi connectivity index (χ3v) is 11.5. The summed E-state index contributed by atoms with van der Waals surface area (Å²) in [5, 5.41) is 6.22. The Hall–Kier alpha value is -8.35. The van der Waals surface area contributed by atoms with Gasteiger partial charge in [-0.25, -0.2) is 15.0 Å². The Morgan fingerprint density at radius 3 is 1.74 bits per heavy atom. The molecule has 9 aromatic carbocycles. The zero-order valence-corrected chi connectivity index (χ0v) is 32.7. The molecule has 6 heteroatoms. The Morgan fingerprint density at radius 1 is 0.328 bits per heavy atom. The Bertz CT molecular complexity index is 3610. The van der Waals surface area contributed by atoms with Crippen molar-refractivity contribution in [3.05, 3.63) is 206 Å². The van der Waals surface area contributed by atoms with Crippen LogP contribution < -0.4 is 4.90 Å². The van der Waals surface area contributed by atoms with Crippen LogP contribution in [0.1, 0.15) is 0 Å². The van der Waals surface area contributed by atoms with Crippen LogP contribution in [-0.4, -0.2) is 15.0 Å². The maximum Gasteiger partial charge on any atom is 0.164 e. The quantitative estimate of drug-likeness (QED) is 0.160. The lowest BCUT2D eigenvalue weighted by atomic mass is 10.0. The van der Waals surface area contributed by atoms with E-state index in [1.54, 1.807) is 0 Å². The Balaban J connectivity index is 1.06. The molecule has 12 rings (SSSR count). The summed E-state index contributed by atoms with van der Waals surface area (Å²) in [6, 6.07) is 70.9. The second-order valence-electron chi connectivity index (χ2n) is 15.2. The SMILES string of the molecule is c1ccc(-c2cccc(N(c3ccc4c(c3)oc3cccc(-c5nc(-c6ccccc6)nc(-c6cccc7ccccc67)n5)c34)c3cccc4oc5ccccc5c34)c2)cc1. The zero-order chi connectivity index (χ0) is 40.3. The smallest absolute Gasteiger partial charge is 0.164 e. The minimum atomic E-state index is 0.576. The molecule has 12 aromatic rings. The second-order valence-corrected chi connectivity index (χ2v) is 15.2. The molecule has 3 heterocycles. The van der Waals surface area contributed by atoms with Crippen LogP contribution in [0.25, 0.3) is 99.9 Å². The number of benzene rings is 9. The van der Waals surface area contributed by atoms with E-state index in [1.807, 2.05) is 66.7 Å². The van der Waals surface area contributed by atoms with Crippen LogP contribution in [-0.2, 0) is 0 Å². The van der Waals surface area contributed by atoms with E-state index in [2.05, 4.69) is 144 Å². The monoisotopic (exact) mass is 782 g/mol. The van der Waals surface area contributed by atoms with E-state index in [-0.39, 0.29) is 0 Å². The van der Waals surface area contributed by atoms with Gasteiger partial charge in [0.25, 0.3) is 0 Å². The van der Waals surface area contributed by atoms with E-state index < -0.39 is 0 Å². The van der Waals surface area contributed by atoms with Gasteiger partial charge in [0.15, 0.2) is 17.5 Å². The van der Waals surface area contributed by atoms with Crippen molar-refractivity contribution in [3.8, 4) is 45.3 Å². The highest BCUT2D eigenvalue weighted by molar-refractivity contribution is 6.15. The van der Waals surface area contributed by atoms with Gasteiger partial charge in [-0.2, -0.15) is 0 Å². The average molecular weight is 783 g/mol. The van der Waals surface area contributed by atoms with Crippen LogP contribution in [0.5, 0.6) is 0 Å². The summed E-state index contributed by atoms with van der Waals surface area (Å²) >= 11 is 0. The topological polar surface area (TPSA) is 68.2 Å². The van der Waals surface area contributed by atoms with E-state index in [9.17, 15) is 0 Å². The number of para-hydroxylation sites is 1. The van der Waals surface area contributed by atoms with E-state index in [1.165, 1.54) is 0 Å². The summed E-state index contributed by atoms with van der Waals surface area (Å²) in [4.78, 5) is 17.7. The maximum atomic E-state index is 6.78. The first-order chi connectivity index (χ1) is 30.2. The van der Waals surface area contributed by atoms with Crippen molar-refractivity contribution in [1.29, 1.82) is 0 Å². The van der Waals surface area contributed by atoms with Crippen LogP contribution in [0.3, 0.4) is 0 Å². The van der Waals surface area contributed by atoms with Gasteiger partial charge < -0.3 is 13.7 Å². The highest BCUT2D eigenvalue weighted by atomic mass is 16.3. The van der Waals surface area contributed by atoms with E-state index in [4.69, 9.17) is 23.8 Å². The van der Waals surface area contributed by atoms with Gasteiger partial charge in [0.2, 0.25) is 0 Å². The molecule has 286 valence electrons. The Morgan fingerprint density at radius 2 is 0.885 bits per heavy atom. The van der Waals surface area contributed by atoms with Crippen molar-refractivity contribution >= 4 is 71.7 Å². The first kappa shape index (κ1) is 34.7. The zero-order valence-electron chi connectivity index (χ0n) is 32.7.